The van der Waals surface area contributed by atoms with E-state index in [4.69, 9.17) is 16.2 Å². The number of hydrogen-bond donors (Lipinski definition) is 6. The number of nitrogens with two attached hydrogens (primary N) is 2. The molecule has 0 saturated carbocycles. The molecule has 3 rings (SSSR count). The third-order valence-electron chi connectivity index (χ3n) is 6.75. The summed E-state index contributed by atoms with van der Waals surface area (Å²) in [5, 5.41) is 11.0. The maximum Gasteiger partial charge on any atom is 0.325 e. The molecule has 0 aromatic heterocycles. The Balaban J connectivity index is 1.62. The van der Waals surface area contributed by atoms with E-state index in [2.05, 4.69) is 26.3 Å². The summed E-state index contributed by atoms with van der Waals surface area (Å²) in [5.74, 6) is -1.78. The molecule has 1 unspecified atom stereocenters. The number of nitrogens with zero attached hydrogens (tertiary/aromatic N) is 1. The molecule has 0 spiro atoms. The maximum atomic E-state index is 13.7. The molecule has 4 amide bonds. The summed E-state index contributed by atoms with van der Waals surface area (Å²) in [6.45, 7) is 2.51. The van der Waals surface area contributed by atoms with Gasteiger partial charge < -0.3 is 37.5 Å². The number of guanidine groups is 1. The zero-order valence-corrected chi connectivity index (χ0v) is 25.3. The van der Waals surface area contributed by atoms with Crippen LogP contribution in [0, 0.1) is 0 Å². The minimum absolute atomic E-state index is 0.0378. The van der Waals surface area contributed by atoms with Crippen molar-refractivity contribution in [1.82, 2.24) is 21.3 Å². The van der Waals surface area contributed by atoms with Crippen LogP contribution < -0.4 is 32.7 Å². The van der Waals surface area contributed by atoms with Crippen molar-refractivity contribution in [3.63, 3.8) is 0 Å². The van der Waals surface area contributed by atoms with Crippen molar-refractivity contribution in [3.8, 4) is 0 Å². The number of aliphatic imine (C=N–C) groups is 1. The highest BCUT2D eigenvalue weighted by molar-refractivity contribution is 5.92. The number of urea groups is 1. The van der Waals surface area contributed by atoms with E-state index < -0.39 is 24.0 Å². The molecule has 0 saturated heterocycles. The Morgan fingerprint density at radius 2 is 1.31 bits per heavy atom. The predicted octanol–water partition coefficient (Wildman–Crippen LogP) is 2.04. The van der Waals surface area contributed by atoms with Crippen LogP contribution in [0.25, 0.3) is 0 Å². The zero-order valence-electron chi connectivity index (χ0n) is 25.3. The summed E-state index contributed by atoms with van der Waals surface area (Å²) < 4.78 is 4.78. The Hall–Kier alpha value is -5.39. The van der Waals surface area contributed by atoms with Crippen molar-refractivity contribution < 1.29 is 23.9 Å². The van der Waals surface area contributed by atoms with E-state index in [0.29, 0.717) is 19.4 Å². The van der Waals surface area contributed by atoms with Gasteiger partial charge in [0.25, 0.3) is 0 Å². The predicted molar refractivity (Wildman–Crippen MR) is 172 cm³/mol. The first-order chi connectivity index (χ1) is 21.8. The first-order valence-corrected chi connectivity index (χ1v) is 14.7. The molecule has 0 bridgehead atoms. The van der Waals surface area contributed by atoms with Crippen molar-refractivity contribution in [2.24, 2.45) is 16.5 Å². The lowest BCUT2D eigenvalue weighted by atomic mass is 9.90. The molecule has 45 heavy (non-hydrogen) atoms. The second-order valence-electron chi connectivity index (χ2n) is 10.1. The molecule has 1 atom stereocenters. The highest BCUT2D eigenvalue weighted by Crippen LogP contribution is 2.25. The van der Waals surface area contributed by atoms with Gasteiger partial charge >= 0.3 is 12.0 Å². The summed E-state index contributed by atoms with van der Waals surface area (Å²) in [7, 11) is 0. The van der Waals surface area contributed by atoms with Crippen LogP contribution in [-0.2, 0) is 32.2 Å². The molecule has 3 aromatic carbocycles. The largest absolute Gasteiger partial charge is 0.465 e. The number of rotatable bonds is 16. The summed E-state index contributed by atoms with van der Waals surface area (Å²) in [6.07, 6.45) is 0.806. The second-order valence-corrected chi connectivity index (χ2v) is 10.1. The number of nitrogens with one attached hydrogen (secondary N) is 4. The van der Waals surface area contributed by atoms with Gasteiger partial charge in [-0.15, -0.1) is 0 Å². The number of carbonyl (C=O) groups is 4. The molecule has 0 fully saturated rings. The lowest BCUT2D eigenvalue weighted by Gasteiger charge is -2.23. The first-order valence-electron chi connectivity index (χ1n) is 14.7. The van der Waals surface area contributed by atoms with E-state index in [1.165, 1.54) is 0 Å². The third kappa shape index (κ3) is 12.0. The molecular weight excluding hydrogens is 574 g/mol. The quantitative estimate of drug-likeness (QED) is 0.0615. The average Bonchev–Trinajstić information content (AvgIpc) is 3.04. The second kappa shape index (κ2) is 18.3. The van der Waals surface area contributed by atoms with Crippen molar-refractivity contribution in [3.05, 3.63) is 107 Å². The molecule has 0 aliphatic carbocycles. The van der Waals surface area contributed by atoms with Gasteiger partial charge in [-0.2, -0.15) is 0 Å². The minimum atomic E-state index is -0.821. The highest BCUT2D eigenvalue weighted by atomic mass is 16.5. The first kappa shape index (κ1) is 34.1. The van der Waals surface area contributed by atoms with E-state index in [1.54, 1.807) is 6.92 Å². The Morgan fingerprint density at radius 3 is 1.84 bits per heavy atom. The van der Waals surface area contributed by atoms with Crippen molar-refractivity contribution in [1.29, 1.82) is 0 Å². The van der Waals surface area contributed by atoms with Crippen LogP contribution in [0.15, 0.2) is 89.9 Å². The number of esters is 1. The SMILES string of the molecule is CCOC(=O)CNC(=O)NCc1ccc(CNC(=O)C(CCCN=C(N)N)NC(=O)C(c2ccccc2)c2ccccc2)cc1. The van der Waals surface area contributed by atoms with Crippen LogP contribution in [0.1, 0.15) is 47.9 Å². The molecule has 0 heterocycles. The fourth-order valence-electron chi connectivity index (χ4n) is 4.51. The molecular formula is C33H41N7O5. The van der Waals surface area contributed by atoms with Crippen LogP contribution in [-0.4, -0.2) is 55.5 Å². The van der Waals surface area contributed by atoms with Gasteiger partial charge in [-0.3, -0.25) is 19.4 Å². The van der Waals surface area contributed by atoms with Gasteiger partial charge in [-0.25, -0.2) is 4.79 Å². The van der Waals surface area contributed by atoms with Crippen molar-refractivity contribution in [2.45, 2.75) is 44.8 Å². The third-order valence-corrected chi connectivity index (χ3v) is 6.75. The van der Waals surface area contributed by atoms with E-state index in [0.717, 1.165) is 22.3 Å². The van der Waals surface area contributed by atoms with Crippen LogP contribution in [0.2, 0.25) is 0 Å². The summed E-state index contributed by atoms with van der Waals surface area (Å²) in [5.41, 5.74) is 14.2. The lowest BCUT2D eigenvalue weighted by Crippen LogP contribution is -2.48. The summed E-state index contributed by atoms with van der Waals surface area (Å²) in [6, 6.07) is 24.8. The molecule has 12 heteroatoms. The van der Waals surface area contributed by atoms with Gasteiger partial charge in [0.1, 0.15) is 12.6 Å². The normalized spacial score (nSPS) is 11.2. The summed E-state index contributed by atoms with van der Waals surface area (Å²) in [4.78, 5) is 54.4. The number of amides is 4. The molecule has 238 valence electrons. The van der Waals surface area contributed by atoms with E-state index in [9.17, 15) is 19.2 Å². The number of benzene rings is 3. The Kier molecular flexibility index (Phi) is 13.9. The fraction of sp³-hybridized carbons (Fsp3) is 0.303. The summed E-state index contributed by atoms with van der Waals surface area (Å²) >= 11 is 0. The smallest absolute Gasteiger partial charge is 0.325 e. The Labute approximate surface area is 263 Å². The molecule has 0 radical (unpaired) electrons. The molecule has 0 aliphatic heterocycles. The zero-order chi connectivity index (χ0) is 32.4. The average molecular weight is 616 g/mol. The molecule has 8 N–H and O–H groups in total. The number of ether oxygens (including phenoxy) is 1. The van der Waals surface area contributed by atoms with E-state index in [1.807, 2.05) is 84.9 Å². The Bertz CT molecular complexity index is 1370. The van der Waals surface area contributed by atoms with Gasteiger partial charge in [0.2, 0.25) is 11.8 Å². The molecule has 12 nitrogen and oxygen atoms in total. The highest BCUT2D eigenvalue weighted by Gasteiger charge is 2.27. The van der Waals surface area contributed by atoms with Gasteiger partial charge in [-0.05, 0) is 42.0 Å². The van der Waals surface area contributed by atoms with E-state index in [-0.39, 0.29) is 44.0 Å². The lowest BCUT2D eigenvalue weighted by molar-refractivity contribution is -0.141. The number of hydrogen-bond acceptors (Lipinski definition) is 6. The van der Waals surface area contributed by atoms with Gasteiger partial charge in [0.15, 0.2) is 5.96 Å². The van der Waals surface area contributed by atoms with E-state index >= 15 is 0 Å². The minimum Gasteiger partial charge on any atom is -0.465 e. The van der Waals surface area contributed by atoms with Crippen LogP contribution in [0.3, 0.4) is 0 Å². The van der Waals surface area contributed by atoms with Crippen LogP contribution in [0.5, 0.6) is 0 Å². The van der Waals surface area contributed by atoms with Crippen LogP contribution >= 0.6 is 0 Å². The maximum absolute atomic E-state index is 13.7. The monoisotopic (exact) mass is 615 g/mol. The number of carbonyl (C=O) groups excluding carboxylic acids is 4. The standard InChI is InChI=1S/C33H41N7O5/c1-2-45-28(41)22-39-33(44)38-21-24-17-15-23(16-18-24)20-37-30(42)27(14-9-19-36-32(34)35)40-31(43)29(25-10-5-3-6-11-25)26-12-7-4-8-13-26/h3-8,10-13,15-18,27,29H,2,9,14,19-22H2,1H3,(H,37,42)(H,40,43)(H4,34,35,36)(H2,38,39,44). The molecule has 3 aromatic rings. The Morgan fingerprint density at radius 1 is 0.756 bits per heavy atom. The fourth-order valence-corrected chi connectivity index (χ4v) is 4.51. The van der Waals surface area contributed by atoms with Gasteiger partial charge in [-0.1, -0.05) is 84.9 Å². The molecule has 0 aliphatic rings. The van der Waals surface area contributed by atoms with Crippen molar-refractivity contribution >= 4 is 29.8 Å². The van der Waals surface area contributed by atoms with Crippen molar-refractivity contribution in [2.75, 3.05) is 19.7 Å². The van der Waals surface area contributed by atoms with Gasteiger partial charge in [0, 0.05) is 19.6 Å². The van der Waals surface area contributed by atoms with Gasteiger partial charge in [0.05, 0.1) is 12.5 Å². The van der Waals surface area contributed by atoms with Crippen LogP contribution in [0.4, 0.5) is 4.79 Å². The topological polar surface area (TPSA) is 190 Å².